The predicted molar refractivity (Wildman–Crippen MR) is 203 cm³/mol. The maximum atomic E-state index is 14.7. The van der Waals surface area contributed by atoms with Crippen LogP contribution in [0.15, 0.2) is 65.2 Å². The molecule has 8 rings (SSSR count). The van der Waals surface area contributed by atoms with E-state index in [4.69, 9.17) is 41.2 Å². The monoisotopic (exact) mass is 745 g/mol. The zero-order valence-electron chi connectivity index (χ0n) is 30.2. The molecular weight excluding hydrogens is 711 g/mol. The fourth-order valence-corrected chi connectivity index (χ4v) is 7.67. The van der Waals surface area contributed by atoms with E-state index >= 15 is 0 Å². The number of phenols is 2. The molecule has 3 aromatic heterocycles. The van der Waals surface area contributed by atoms with E-state index in [1.54, 1.807) is 81.7 Å². The molecule has 14 heteroatoms. The summed E-state index contributed by atoms with van der Waals surface area (Å²) in [5.74, 6) is 1.30. The number of hydrogen-bond acceptors (Lipinski definition) is 11. The van der Waals surface area contributed by atoms with Crippen LogP contribution in [0.2, 0.25) is 0 Å². The first kappa shape index (κ1) is 34.7. The smallest absolute Gasteiger partial charge is 0.261 e. The minimum absolute atomic E-state index is 0.0802. The lowest BCUT2D eigenvalue weighted by Crippen LogP contribution is -2.36. The fraction of sp³-hybridized carbons (Fsp3) is 0.225. The van der Waals surface area contributed by atoms with Crippen molar-refractivity contribution in [1.29, 1.82) is 0 Å². The minimum Gasteiger partial charge on any atom is -0.507 e. The Hall–Kier alpha value is -6.41. The Morgan fingerprint density at radius 1 is 0.926 bits per heavy atom. The molecule has 0 saturated carbocycles. The topological polar surface area (TPSA) is 163 Å². The molecule has 0 saturated heterocycles. The first-order valence-corrected chi connectivity index (χ1v) is 17.4. The van der Waals surface area contributed by atoms with E-state index in [-0.39, 0.29) is 67.0 Å². The average Bonchev–Trinajstić information content (AvgIpc) is 3.67. The molecular formula is C40H35N5O8S. The Labute approximate surface area is 313 Å². The van der Waals surface area contributed by atoms with E-state index in [1.807, 2.05) is 30.3 Å². The van der Waals surface area contributed by atoms with Gasteiger partial charge >= 0.3 is 0 Å². The zero-order valence-corrected chi connectivity index (χ0v) is 31.0. The molecule has 0 radical (unpaired) electrons. The quantitative estimate of drug-likeness (QED) is 0.146. The van der Waals surface area contributed by atoms with Crippen LogP contribution in [0.25, 0.3) is 34.1 Å². The third-order valence-electron chi connectivity index (χ3n) is 10.4. The highest BCUT2D eigenvalue weighted by atomic mass is 32.1. The van der Waals surface area contributed by atoms with Crippen LogP contribution in [-0.4, -0.2) is 61.6 Å². The molecule has 2 aliphatic rings. The predicted octanol–water partition coefficient (Wildman–Crippen LogP) is 6.49. The second kappa shape index (κ2) is 12.6. The highest BCUT2D eigenvalue weighted by Crippen LogP contribution is 2.60. The van der Waals surface area contributed by atoms with Crippen molar-refractivity contribution in [2.75, 3.05) is 21.3 Å². The summed E-state index contributed by atoms with van der Waals surface area (Å²) in [6, 6.07) is 16.1. The number of pyridine rings is 1. The maximum Gasteiger partial charge on any atom is 0.261 e. The molecule has 1 aliphatic heterocycles. The molecule has 0 bridgehead atoms. The Kier molecular flexibility index (Phi) is 8.10. The van der Waals surface area contributed by atoms with Crippen molar-refractivity contribution < 1.29 is 34.0 Å². The van der Waals surface area contributed by atoms with Gasteiger partial charge in [0.05, 0.1) is 66.2 Å². The number of hydrogen-bond donors (Lipinski definition) is 3. The van der Waals surface area contributed by atoms with Gasteiger partial charge in [0.15, 0.2) is 22.1 Å². The van der Waals surface area contributed by atoms with Crippen molar-refractivity contribution in [2.45, 2.75) is 39.2 Å². The third-order valence-corrected chi connectivity index (χ3v) is 10.7. The second-order valence-corrected chi connectivity index (χ2v) is 13.7. The Morgan fingerprint density at radius 3 is 2.37 bits per heavy atom. The van der Waals surface area contributed by atoms with E-state index in [0.717, 1.165) is 5.56 Å². The van der Waals surface area contributed by atoms with Crippen molar-refractivity contribution >= 4 is 35.1 Å². The Bertz CT molecular complexity index is 2730. The third kappa shape index (κ3) is 5.00. The van der Waals surface area contributed by atoms with Gasteiger partial charge in [-0.15, -0.1) is 0 Å². The number of ether oxygens (including phenoxy) is 4. The zero-order chi connectivity index (χ0) is 38.2. The number of aromatic nitrogens is 5. The molecule has 4 heterocycles. The number of Topliss-reactive ketones (excluding diaryl/α,β-unsaturated/α-hetero) is 1. The number of aromatic hydroxyl groups is 2. The summed E-state index contributed by atoms with van der Waals surface area (Å²) in [4.78, 5) is 35.4. The van der Waals surface area contributed by atoms with Crippen LogP contribution in [0.3, 0.4) is 0 Å². The SMILES string of the molecule is COc1ccc(-n2nc(C)c3c2C=C2Oc4c(-c5ccc6c(=O)[nH]c(=S)n(CCc7ccc(OC)c(OC)c7)c6n5)c(O)c(C)c(O)c4C2(C)C3=O)cc1. The fourth-order valence-electron chi connectivity index (χ4n) is 7.40. The van der Waals surface area contributed by atoms with Gasteiger partial charge in [-0.1, -0.05) is 6.07 Å². The maximum absolute atomic E-state index is 14.7. The van der Waals surface area contributed by atoms with Crippen molar-refractivity contribution in [1.82, 2.24) is 24.3 Å². The molecule has 1 aliphatic carbocycles. The lowest BCUT2D eigenvalue weighted by Gasteiger charge is -2.27. The molecule has 274 valence electrons. The number of methoxy groups -OCH3 is 3. The van der Waals surface area contributed by atoms with Gasteiger partial charge in [-0.25, -0.2) is 9.67 Å². The van der Waals surface area contributed by atoms with E-state index in [2.05, 4.69) is 4.98 Å². The summed E-state index contributed by atoms with van der Waals surface area (Å²) in [6.45, 7) is 5.35. The molecule has 3 aromatic carbocycles. The Balaban J connectivity index is 1.26. The van der Waals surface area contributed by atoms with Crippen LogP contribution < -0.4 is 24.5 Å². The normalized spacial score (nSPS) is 15.7. The van der Waals surface area contributed by atoms with E-state index in [1.165, 1.54) is 0 Å². The summed E-state index contributed by atoms with van der Waals surface area (Å²) in [7, 11) is 4.72. The number of allylic oxidation sites excluding steroid dienone is 1. The van der Waals surface area contributed by atoms with E-state index in [9.17, 15) is 19.8 Å². The van der Waals surface area contributed by atoms with Gasteiger partial charge in [0.1, 0.15) is 39.8 Å². The van der Waals surface area contributed by atoms with Crippen molar-refractivity contribution in [3.05, 3.63) is 109 Å². The minimum atomic E-state index is -1.46. The van der Waals surface area contributed by atoms with Crippen LogP contribution in [0.4, 0.5) is 0 Å². The summed E-state index contributed by atoms with van der Waals surface area (Å²) < 4.78 is 26.2. The van der Waals surface area contributed by atoms with Crippen LogP contribution in [0.5, 0.6) is 34.5 Å². The van der Waals surface area contributed by atoms with E-state index < -0.39 is 11.0 Å². The van der Waals surface area contributed by atoms with Gasteiger partial charge in [0.2, 0.25) is 0 Å². The molecule has 54 heavy (non-hydrogen) atoms. The number of phenolic OH excluding ortho intramolecular Hbond substituents is 2. The lowest BCUT2D eigenvalue weighted by molar-refractivity contribution is 0.0905. The molecule has 3 N–H and O–H groups in total. The highest BCUT2D eigenvalue weighted by Gasteiger charge is 2.55. The number of ketones is 1. The first-order valence-electron chi connectivity index (χ1n) is 17.0. The van der Waals surface area contributed by atoms with Crippen LogP contribution in [0, 0.1) is 18.6 Å². The van der Waals surface area contributed by atoms with Gasteiger partial charge < -0.3 is 33.7 Å². The second-order valence-electron chi connectivity index (χ2n) is 13.3. The molecule has 0 amide bonds. The van der Waals surface area contributed by atoms with Gasteiger partial charge in [-0.3, -0.25) is 14.6 Å². The van der Waals surface area contributed by atoms with Crippen molar-refractivity contribution in [2.24, 2.45) is 0 Å². The summed E-state index contributed by atoms with van der Waals surface area (Å²) in [5.41, 5.74) is 2.18. The summed E-state index contributed by atoms with van der Waals surface area (Å²) in [5, 5.41) is 28.3. The van der Waals surface area contributed by atoms with Crippen LogP contribution >= 0.6 is 12.2 Å². The number of aromatic amines is 1. The molecule has 0 spiro atoms. The number of H-pyrrole nitrogens is 1. The molecule has 13 nitrogen and oxygen atoms in total. The summed E-state index contributed by atoms with van der Waals surface area (Å²) >= 11 is 5.62. The van der Waals surface area contributed by atoms with E-state index in [0.29, 0.717) is 52.9 Å². The number of nitrogens with one attached hydrogen (secondary N) is 1. The highest BCUT2D eigenvalue weighted by molar-refractivity contribution is 7.71. The number of rotatable bonds is 8. The number of benzene rings is 3. The van der Waals surface area contributed by atoms with Gasteiger partial charge in [0.25, 0.3) is 5.56 Å². The molecule has 1 atom stereocenters. The number of nitrogens with zero attached hydrogens (tertiary/aromatic N) is 4. The Morgan fingerprint density at radius 2 is 1.67 bits per heavy atom. The number of aryl methyl sites for hydroxylation is 3. The first-order chi connectivity index (χ1) is 25.9. The molecule has 0 fully saturated rings. The van der Waals surface area contributed by atoms with Crippen molar-refractivity contribution in [3.63, 3.8) is 0 Å². The summed E-state index contributed by atoms with van der Waals surface area (Å²) in [6.07, 6.45) is 2.25. The van der Waals surface area contributed by atoms with Crippen LogP contribution in [-0.2, 0) is 18.4 Å². The largest absolute Gasteiger partial charge is 0.507 e. The number of carbonyl (C=O) groups excluding carboxylic acids is 1. The van der Waals surface area contributed by atoms with Gasteiger partial charge in [-0.2, -0.15) is 5.10 Å². The number of carbonyl (C=O) groups is 1. The molecule has 6 aromatic rings. The standard InChI is InChI=1S/C40H35N5O8S/c1-19-33(46)31(25-13-12-24-37(41-25)44(39(54)42-38(24)49)16-15-21-7-14-27(51-5)28(17-21)52-6)35-32(34(19)47)40(3)29(53-35)18-26-30(36(40)48)20(2)43-45(26)22-8-10-23(50-4)11-9-22/h7-14,17-18,46-47H,15-16H2,1-6H3,(H,42,49,54). The van der Waals surface area contributed by atoms with Crippen molar-refractivity contribution in [3.8, 4) is 51.4 Å². The average molecular weight is 746 g/mol. The van der Waals surface area contributed by atoms with Gasteiger partial charge in [0, 0.05) is 18.2 Å². The van der Waals surface area contributed by atoms with Crippen LogP contribution in [0.1, 0.15) is 45.4 Å². The molecule has 1 unspecified atom stereocenters. The lowest BCUT2D eigenvalue weighted by atomic mass is 9.71. The van der Waals surface area contributed by atoms with Gasteiger partial charge in [-0.05, 0) is 93.5 Å². The number of fused-ring (bicyclic) bond motifs is 5.